The monoisotopic (exact) mass is 298 g/mol. The fraction of sp³-hybridized carbons (Fsp3) is 0.294. The topological polar surface area (TPSA) is 60.5 Å². The van der Waals surface area contributed by atoms with E-state index in [0.29, 0.717) is 5.56 Å². The van der Waals surface area contributed by atoms with Crippen LogP contribution >= 0.6 is 0 Å². The molecule has 1 aromatic heterocycles. The van der Waals surface area contributed by atoms with Crippen LogP contribution in [0.4, 0.5) is 0 Å². The number of methoxy groups -OCH3 is 1. The average Bonchev–Trinajstić information content (AvgIpc) is 2.50. The molecule has 0 aliphatic carbocycles. The number of nitrogens with zero attached hydrogens (tertiary/aromatic N) is 1. The highest BCUT2D eigenvalue weighted by molar-refractivity contribution is 5.91. The quantitative estimate of drug-likeness (QED) is 0.877. The van der Waals surface area contributed by atoms with E-state index in [2.05, 4.69) is 10.3 Å². The van der Waals surface area contributed by atoms with Gasteiger partial charge in [0, 0.05) is 18.7 Å². The number of carbonyl (C=O) groups is 1. The molecule has 1 aliphatic heterocycles. The Balaban J connectivity index is 1.78. The molecular formula is C17H18N2O3. The number of carbonyl (C=O) groups excluding carboxylic acids is 1. The molecule has 0 radical (unpaired) electrons. The van der Waals surface area contributed by atoms with E-state index < -0.39 is 0 Å². The van der Waals surface area contributed by atoms with Crippen LogP contribution in [0.3, 0.4) is 0 Å². The van der Waals surface area contributed by atoms with Crippen molar-refractivity contribution in [1.29, 1.82) is 0 Å². The molecule has 5 heteroatoms. The van der Waals surface area contributed by atoms with Crippen LogP contribution in [-0.4, -0.2) is 37.3 Å². The number of hydrogen-bond donors (Lipinski definition) is 1. The van der Waals surface area contributed by atoms with Crippen LogP contribution in [0, 0.1) is 6.92 Å². The Morgan fingerprint density at radius 2 is 2.09 bits per heavy atom. The largest absolute Gasteiger partial charge is 0.486 e. The molecule has 1 N–H and O–H groups in total. The maximum Gasteiger partial charge on any atom is 0.338 e. The fourth-order valence-electron chi connectivity index (χ4n) is 2.32. The third kappa shape index (κ3) is 2.94. The zero-order chi connectivity index (χ0) is 15.5. The molecule has 2 heterocycles. The highest BCUT2D eigenvalue weighted by Gasteiger charge is 2.18. The lowest BCUT2D eigenvalue weighted by atomic mass is 10.0. The molecule has 0 unspecified atom stereocenters. The first kappa shape index (κ1) is 14.5. The van der Waals surface area contributed by atoms with E-state index in [4.69, 9.17) is 9.47 Å². The standard InChI is InChI=1S/C17H18N2O3/c1-11-7-12(3-5-15(11)17(20)21-2)16-6-4-13(10-19-16)22-14-8-18-9-14/h3-7,10,14,18H,8-9H2,1-2H3. The highest BCUT2D eigenvalue weighted by Crippen LogP contribution is 2.23. The van der Waals surface area contributed by atoms with E-state index in [9.17, 15) is 4.79 Å². The summed E-state index contributed by atoms with van der Waals surface area (Å²) in [7, 11) is 1.38. The van der Waals surface area contributed by atoms with E-state index in [1.54, 1.807) is 12.3 Å². The molecule has 0 saturated carbocycles. The number of pyridine rings is 1. The van der Waals surface area contributed by atoms with Gasteiger partial charge in [-0.3, -0.25) is 4.98 Å². The summed E-state index contributed by atoms with van der Waals surface area (Å²) in [6.45, 7) is 3.66. The summed E-state index contributed by atoms with van der Waals surface area (Å²) < 4.78 is 10.5. The predicted molar refractivity (Wildman–Crippen MR) is 83.0 cm³/mol. The molecule has 5 nitrogen and oxygen atoms in total. The van der Waals surface area contributed by atoms with Crippen molar-refractivity contribution in [3.63, 3.8) is 0 Å². The minimum absolute atomic E-state index is 0.245. The summed E-state index contributed by atoms with van der Waals surface area (Å²) in [4.78, 5) is 16.0. The van der Waals surface area contributed by atoms with Gasteiger partial charge in [0.2, 0.25) is 0 Å². The number of rotatable bonds is 4. The van der Waals surface area contributed by atoms with E-state index in [1.807, 2.05) is 31.2 Å². The van der Waals surface area contributed by atoms with E-state index in [-0.39, 0.29) is 12.1 Å². The molecule has 0 spiro atoms. The SMILES string of the molecule is COC(=O)c1ccc(-c2ccc(OC3CNC3)cn2)cc1C. The lowest BCUT2D eigenvalue weighted by molar-refractivity contribution is 0.0600. The molecule has 1 aromatic carbocycles. The van der Waals surface area contributed by atoms with Crippen LogP contribution in [0.2, 0.25) is 0 Å². The van der Waals surface area contributed by atoms with Crippen LogP contribution in [-0.2, 0) is 4.74 Å². The smallest absolute Gasteiger partial charge is 0.338 e. The van der Waals surface area contributed by atoms with Crippen LogP contribution in [0.5, 0.6) is 5.75 Å². The number of nitrogens with one attached hydrogen (secondary N) is 1. The van der Waals surface area contributed by atoms with Gasteiger partial charge in [0.05, 0.1) is 24.6 Å². The normalized spacial score (nSPS) is 14.3. The Hall–Kier alpha value is -2.40. The van der Waals surface area contributed by atoms with Gasteiger partial charge in [0.25, 0.3) is 0 Å². The van der Waals surface area contributed by atoms with Crippen molar-refractivity contribution in [2.75, 3.05) is 20.2 Å². The zero-order valence-electron chi connectivity index (χ0n) is 12.6. The second-order valence-corrected chi connectivity index (χ2v) is 5.30. The number of hydrogen-bond acceptors (Lipinski definition) is 5. The number of benzene rings is 1. The Kier molecular flexibility index (Phi) is 4.06. The first-order chi connectivity index (χ1) is 10.7. The zero-order valence-corrected chi connectivity index (χ0v) is 12.6. The van der Waals surface area contributed by atoms with E-state index >= 15 is 0 Å². The van der Waals surface area contributed by atoms with Gasteiger partial charge < -0.3 is 14.8 Å². The molecule has 22 heavy (non-hydrogen) atoms. The van der Waals surface area contributed by atoms with Gasteiger partial charge in [0.15, 0.2) is 0 Å². The Morgan fingerprint density at radius 3 is 2.64 bits per heavy atom. The lowest BCUT2D eigenvalue weighted by Crippen LogP contribution is -2.50. The molecule has 0 bridgehead atoms. The van der Waals surface area contributed by atoms with Gasteiger partial charge in [-0.2, -0.15) is 0 Å². The summed E-state index contributed by atoms with van der Waals surface area (Å²) in [5, 5.41) is 3.16. The number of aromatic nitrogens is 1. The first-order valence-corrected chi connectivity index (χ1v) is 7.20. The Bertz CT molecular complexity index is 679. The molecule has 3 rings (SSSR count). The van der Waals surface area contributed by atoms with Crippen molar-refractivity contribution < 1.29 is 14.3 Å². The highest BCUT2D eigenvalue weighted by atomic mass is 16.5. The Morgan fingerprint density at radius 1 is 1.27 bits per heavy atom. The van der Waals surface area contributed by atoms with Crippen molar-refractivity contribution in [3.05, 3.63) is 47.7 Å². The van der Waals surface area contributed by atoms with Crippen molar-refractivity contribution in [3.8, 4) is 17.0 Å². The molecular weight excluding hydrogens is 280 g/mol. The molecule has 0 atom stereocenters. The van der Waals surface area contributed by atoms with Gasteiger partial charge in [-0.25, -0.2) is 4.79 Å². The number of aryl methyl sites for hydroxylation is 1. The van der Waals surface area contributed by atoms with Crippen LogP contribution < -0.4 is 10.1 Å². The van der Waals surface area contributed by atoms with Crippen molar-refractivity contribution in [2.24, 2.45) is 0 Å². The second kappa shape index (κ2) is 6.15. The third-order valence-electron chi connectivity index (χ3n) is 3.71. The maximum absolute atomic E-state index is 11.6. The van der Waals surface area contributed by atoms with Crippen molar-refractivity contribution in [2.45, 2.75) is 13.0 Å². The summed E-state index contributed by atoms with van der Waals surface area (Å²) in [5.41, 5.74) is 3.25. The average molecular weight is 298 g/mol. The molecule has 1 aliphatic rings. The summed E-state index contributed by atoms with van der Waals surface area (Å²) in [6, 6.07) is 9.42. The van der Waals surface area contributed by atoms with Gasteiger partial charge in [-0.15, -0.1) is 0 Å². The number of esters is 1. The van der Waals surface area contributed by atoms with Gasteiger partial charge >= 0.3 is 5.97 Å². The summed E-state index contributed by atoms with van der Waals surface area (Å²) in [6.07, 6.45) is 1.98. The van der Waals surface area contributed by atoms with Crippen molar-refractivity contribution >= 4 is 5.97 Å². The van der Waals surface area contributed by atoms with E-state index in [1.165, 1.54) is 7.11 Å². The van der Waals surface area contributed by atoms with Crippen molar-refractivity contribution in [1.82, 2.24) is 10.3 Å². The van der Waals surface area contributed by atoms with Gasteiger partial charge in [-0.05, 0) is 36.8 Å². The third-order valence-corrected chi connectivity index (χ3v) is 3.71. The van der Waals surface area contributed by atoms with Crippen LogP contribution in [0.1, 0.15) is 15.9 Å². The minimum atomic E-state index is -0.324. The summed E-state index contributed by atoms with van der Waals surface area (Å²) >= 11 is 0. The predicted octanol–water partition coefficient (Wildman–Crippen LogP) is 2.19. The molecule has 114 valence electrons. The van der Waals surface area contributed by atoms with Crippen LogP contribution in [0.25, 0.3) is 11.3 Å². The summed E-state index contributed by atoms with van der Waals surface area (Å²) in [5.74, 6) is 0.452. The molecule has 1 fully saturated rings. The number of ether oxygens (including phenoxy) is 2. The first-order valence-electron chi connectivity index (χ1n) is 7.20. The fourth-order valence-corrected chi connectivity index (χ4v) is 2.32. The lowest BCUT2D eigenvalue weighted by Gasteiger charge is -2.27. The van der Waals surface area contributed by atoms with Gasteiger partial charge in [-0.1, -0.05) is 6.07 Å². The van der Waals surface area contributed by atoms with Crippen LogP contribution in [0.15, 0.2) is 36.5 Å². The maximum atomic E-state index is 11.6. The minimum Gasteiger partial charge on any atom is -0.486 e. The molecule has 0 amide bonds. The second-order valence-electron chi connectivity index (χ2n) is 5.30. The Labute approximate surface area is 129 Å². The van der Waals surface area contributed by atoms with E-state index in [0.717, 1.165) is 35.7 Å². The van der Waals surface area contributed by atoms with Gasteiger partial charge in [0.1, 0.15) is 11.9 Å². The molecule has 1 saturated heterocycles. The molecule has 2 aromatic rings.